The Bertz CT molecular complexity index is 487. The van der Waals surface area contributed by atoms with Gasteiger partial charge in [-0.15, -0.1) is 0 Å². The fourth-order valence-corrected chi connectivity index (χ4v) is 1.93. The summed E-state index contributed by atoms with van der Waals surface area (Å²) >= 11 is 0. The fourth-order valence-electron chi connectivity index (χ4n) is 1.93. The summed E-state index contributed by atoms with van der Waals surface area (Å²) in [4.78, 5) is 13.6. The fraction of sp³-hybridized carbons (Fsp3) is 0.385. The second kappa shape index (κ2) is 5.52. The van der Waals surface area contributed by atoms with Crippen LogP contribution in [-0.2, 0) is 9.47 Å². The SMILES string of the molecule is COC(=O)c1ccc(N2CCOCC2)cc1C#N. The highest BCUT2D eigenvalue weighted by atomic mass is 16.5. The van der Waals surface area contributed by atoms with E-state index >= 15 is 0 Å². The number of methoxy groups -OCH3 is 1. The van der Waals surface area contributed by atoms with Crippen molar-refractivity contribution in [2.45, 2.75) is 0 Å². The molecule has 0 bridgehead atoms. The van der Waals surface area contributed by atoms with Crippen LogP contribution in [0.25, 0.3) is 0 Å². The van der Waals surface area contributed by atoms with Crippen LogP contribution in [-0.4, -0.2) is 39.4 Å². The molecule has 0 saturated carbocycles. The number of nitriles is 1. The summed E-state index contributed by atoms with van der Waals surface area (Å²) in [5, 5.41) is 9.08. The summed E-state index contributed by atoms with van der Waals surface area (Å²) in [6.07, 6.45) is 0. The summed E-state index contributed by atoms with van der Waals surface area (Å²) < 4.78 is 9.92. The van der Waals surface area contributed by atoms with Crippen molar-refractivity contribution in [2.24, 2.45) is 0 Å². The molecule has 1 fully saturated rings. The van der Waals surface area contributed by atoms with Crippen LogP contribution in [0.3, 0.4) is 0 Å². The van der Waals surface area contributed by atoms with Gasteiger partial charge >= 0.3 is 5.97 Å². The smallest absolute Gasteiger partial charge is 0.339 e. The first kappa shape index (κ1) is 12.4. The van der Waals surface area contributed by atoms with Crippen molar-refractivity contribution in [1.29, 1.82) is 5.26 Å². The number of esters is 1. The standard InChI is InChI=1S/C13H14N2O3/c1-17-13(16)12-3-2-11(8-10(12)9-14)15-4-6-18-7-5-15/h2-3,8H,4-7H2,1H3. The topological polar surface area (TPSA) is 62.6 Å². The average molecular weight is 246 g/mol. The molecule has 1 aromatic rings. The van der Waals surface area contributed by atoms with Crippen molar-refractivity contribution in [3.63, 3.8) is 0 Å². The number of hydrogen-bond acceptors (Lipinski definition) is 5. The van der Waals surface area contributed by atoms with Crippen LogP contribution in [0.5, 0.6) is 0 Å². The molecule has 0 aliphatic carbocycles. The van der Waals surface area contributed by atoms with Gasteiger partial charge in [-0.1, -0.05) is 0 Å². The Labute approximate surface area is 106 Å². The van der Waals surface area contributed by atoms with Crippen LogP contribution in [0.2, 0.25) is 0 Å². The van der Waals surface area contributed by atoms with Crippen molar-refractivity contribution in [2.75, 3.05) is 38.3 Å². The van der Waals surface area contributed by atoms with Crippen LogP contribution in [0.1, 0.15) is 15.9 Å². The molecular formula is C13H14N2O3. The zero-order chi connectivity index (χ0) is 13.0. The highest BCUT2D eigenvalue weighted by molar-refractivity contribution is 5.92. The second-order valence-electron chi connectivity index (χ2n) is 3.93. The molecule has 1 saturated heterocycles. The van der Waals surface area contributed by atoms with E-state index in [1.165, 1.54) is 7.11 Å². The van der Waals surface area contributed by atoms with Crippen molar-refractivity contribution in [1.82, 2.24) is 0 Å². The molecular weight excluding hydrogens is 232 g/mol. The van der Waals surface area contributed by atoms with E-state index in [1.54, 1.807) is 12.1 Å². The summed E-state index contributed by atoms with van der Waals surface area (Å²) in [5.74, 6) is -0.486. The van der Waals surface area contributed by atoms with E-state index in [9.17, 15) is 4.79 Å². The monoisotopic (exact) mass is 246 g/mol. The quantitative estimate of drug-likeness (QED) is 0.733. The number of carbonyl (C=O) groups is 1. The van der Waals surface area contributed by atoms with E-state index in [-0.39, 0.29) is 0 Å². The number of carbonyl (C=O) groups excluding carboxylic acids is 1. The Morgan fingerprint density at radius 2 is 2.17 bits per heavy atom. The minimum Gasteiger partial charge on any atom is -0.465 e. The van der Waals surface area contributed by atoms with Gasteiger partial charge in [0.25, 0.3) is 0 Å². The molecule has 0 radical (unpaired) electrons. The van der Waals surface area contributed by atoms with E-state index in [0.717, 1.165) is 18.8 Å². The molecule has 0 amide bonds. The molecule has 0 N–H and O–H groups in total. The number of hydrogen-bond donors (Lipinski definition) is 0. The van der Waals surface area contributed by atoms with E-state index in [0.29, 0.717) is 24.3 Å². The lowest BCUT2D eigenvalue weighted by Crippen LogP contribution is -2.36. The number of nitrogens with zero attached hydrogens (tertiary/aromatic N) is 2. The molecule has 0 aromatic heterocycles. The maximum atomic E-state index is 11.5. The minimum atomic E-state index is -0.486. The Kier molecular flexibility index (Phi) is 3.80. The summed E-state index contributed by atoms with van der Waals surface area (Å²) in [7, 11) is 1.30. The maximum absolute atomic E-state index is 11.5. The predicted octanol–water partition coefficient (Wildman–Crippen LogP) is 1.18. The number of anilines is 1. The van der Waals surface area contributed by atoms with Gasteiger partial charge in [-0.3, -0.25) is 0 Å². The molecule has 5 heteroatoms. The van der Waals surface area contributed by atoms with Gasteiger partial charge in [0.05, 0.1) is 31.5 Å². The number of benzene rings is 1. The molecule has 94 valence electrons. The van der Waals surface area contributed by atoms with Gasteiger partial charge in [0, 0.05) is 18.8 Å². The van der Waals surface area contributed by atoms with E-state index in [2.05, 4.69) is 9.64 Å². The molecule has 1 heterocycles. The number of morpholine rings is 1. The van der Waals surface area contributed by atoms with Crippen LogP contribution in [0.15, 0.2) is 18.2 Å². The van der Waals surface area contributed by atoms with Crippen LogP contribution in [0.4, 0.5) is 5.69 Å². The lowest BCUT2D eigenvalue weighted by atomic mass is 10.1. The van der Waals surface area contributed by atoms with Gasteiger partial charge in [-0.05, 0) is 18.2 Å². The molecule has 0 atom stereocenters. The molecule has 1 aromatic carbocycles. The van der Waals surface area contributed by atoms with Gasteiger partial charge in [-0.25, -0.2) is 4.79 Å². The van der Waals surface area contributed by atoms with Gasteiger partial charge in [0.1, 0.15) is 6.07 Å². The second-order valence-corrected chi connectivity index (χ2v) is 3.93. The Morgan fingerprint density at radius 3 is 2.78 bits per heavy atom. The van der Waals surface area contributed by atoms with E-state index in [1.807, 2.05) is 12.1 Å². The highest BCUT2D eigenvalue weighted by Gasteiger charge is 2.16. The molecule has 0 unspecified atom stereocenters. The average Bonchev–Trinajstić information content (AvgIpc) is 2.46. The molecule has 1 aliphatic heterocycles. The number of rotatable bonds is 2. The molecule has 18 heavy (non-hydrogen) atoms. The predicted molar refractivity (Wildman–Crippen MR) is 65.5 cm³/mol. The van der Waals surface area contributed by atoms with Crippen molar-refractivity contribution >= 4 is 11.7 Å². The minimum absolute atomic E-state index is 0.303. The first-order chi connectivity index (χ1) is 8.76. The van der Waals surface area contributed by atoms with Crippen LogP contribution < -0.4 is 4.90 Å². The Balaban J connectivity index is 2.29. The van der Waals surface area contributed by atoms with Crippen molar-refractivity contribution in [3.8, 4) is 6.07 Å². The molecule has 0 spiro atoms. The van der Waals surface area contributed by atoms with Gasteiger partial charge in [-0.2, -0.15) is 5.26 Å². The third-order valence-electron chi connectivity index (χ3n) is 2.91. The van der Waals surface area contributed by atoms with Crippen LogP contribution >= 0.6 is 0 Å². The van der Waals surface area contributed by atoms with E-state index in [4.69, 9.17) is 10.00 Å². The third-order valence-corrected chi connectivity index (χ3v) is 2.91. The molecule has 5 nitrogen and oxygen atoms in total. The lowest BCUT2D eigenvalue weighted by molar-refractivity contribution is 0.0600. The highest BCUT2D eigenvalue weighted by Crippen LogP contribution is 2.20. The first-order valence-electron chi connectivity index (χ1n) is 5.71. The summed E-state index contributed by atoms with van der Waals surface area (Å²) in [5.41, 5.74) is 1.57. The van der Waals surface area contributed by atoms with Crippen molar-refractivity contribution in [3.05, 3.63) is 29.3 Å². The Hall–Kier alpha value is -2.06. The Morgan fingerprint density at radius 1 is 1.44 bits per heavy atom. The lowest BCUT2D eigenvalue weighted by Gasteiger charge is -2.29. The van der Waals surface area contributed by atoms with Gasteiger partial charge < -0.3 is 14.4 Å². The summed E-state index contributed by atoms with van der Waals surface area (Å²) in [6.45, 7) is 2.95. The zero-order valence-corrected chi connectivity index (χ0v) is 10.2. The summed E-state index contributed by atoms with van der Waals surface area (Å²) in [6, 6.07) is 7.22. The normalized spacial score (nSPS) is 15.0. The molecule has 1 aliphatic rings. The van der Waals surface area contributed by atoms with Crippen molar-refractivity contribution < 1.29 is 14.3 Å². The third kappa shape index (κ3) is 2.44. The van der Waals surface area contributed by atoms with E-state index < -0.39 is 5.97 Å². The zero-order valence-electron chi connectivity index (χ0n) is 10.2. The maximum Gasteiger partial charge on any atom is 0.339 e. The first-order valence-corrected chi connectivity index (χ1v) is 5.71. The number of ether oxygens (including phenoxy) is 2. The molecule has 2 rings (SSSR count). The van der Waals surface area contributed by atoms with Gasteiger partial charge in [0.2, 0.25) is 0 Å². The van der Waals surface area contributed by atoms with Gasteiger partial charge in [0.15, 0.2) is 0 Å². The van der Waals surface area contributed by atoms with Crippen LogP contribution in [0, 0.1) is 11.3 Å². The largest absolute Gasteiger partial charge is 0.465 e.